The molecule has 3 heteroatoms. The zero-order valence-corrected chi connectivity index (χ0v) is 11.8. The molecule has 1 aromatic carbocycles. The molecule has 1 N–H and O–H groups in total. The fraction of sp³-hybridized carbons (Fsp3) is 0.294. The van der Waals surface area contributed by atoms with Crippen LogP contribution in [0.5, 0.6) is 0 Å². The van der Waals surface area contributed by atoms with Gasteiger partial charge < -0.3 is 5.11 Å². The zero-order valence-electron chi connectivity index (χ0n) is 11.8. The van der Waals surface area contributed by atoms with Gasteiger partial charge in [0, 0.05) is 11.1 Å². The van der Waals surface area contributed by atoms with Crippen LogP contribution >= 0.6 is 0 Å². The van der Waals surface area contributed by atoms with Gasteiger partial charge in [0.15, 0.2) is 0 Å². The van der Waals surface area contributed by atoms with Gasteiger partial charge in [-0.25, -0.2) is 0 Å². The lowest BCUT2D eigenvalue weighted by Crippen LogP contribution is -2.08. The molecule has 0 bridgehead atoms. The van der Waals surface area contributed by atoms with Gasteiger partial charge in [-0.3, -0.25) is 9.78 Å². The molecule has 0 amide bonds. The molecule has 0 aliphatic rings. The quantitative estimate of drug-likeness (QED) is 0.895. The van der Waals surface area contributed by atoms with E-state index >= 15 is 0 Å². The first-order chi connectivity index (χ1) is 9.63. The molecule has 0 saturated carbocycles. The lowest BCUT2D eigenvalue weighted by Gasteiger charge is -2.04. The second kappa shape index (κ2) is 6.33. The maximum atomic E-state index is 11.0. The smallest absolute Gasteiger partial charge is 0.310 e. The van der Waals surface area contributed by atoms with Crippen LogP contribution in [0.15, 0.2) is 36.4 Å². The summed E-state index contributed by atoms with van der Waals surface area (Å²) in [5, 5.41) is 10.1. The van der Waals surface area contributed by atoms with Crippen molar-refractivity contribution in [3.8, 4) is 0 Å². The van der Waals surface area contributed by atoms with E-state index in [0.717, 1.165) is 28.6 Å². The van der Waals surface area contributed by atoms with Gasteiger partial charge in [-0.2, -0.15) is 0 Å². The Morgan fingerprint density at radius 1 is 1.30 bits per heavy atom. The number of benzene rings is 1. The molecule has 2 aromatic rings. The Balaban J connectivity index is 2.31. The highest BCUT2D eigenvalue weighted by molar-refractivity contribution is 5.81. The fourth-order valence-corrected chi connectivity index (χ4v) is 2.10. The van der Waals surface area contributed by atoms with Crippen molar-refractivity contribution in [2.75, 3.05) is 0 Å². The molecular formula is C17H19NO2. The molecule has 0 unspecified atom stereocenters. The third-order valence-corrected chi connectivity index (χ3v) is 3.41. The van der Waals surface area contributed by atoms with Crippen LogP contribution < -0.4 is 0 Å². The van der Waals surface area contributed by atoms with E-state index in [9.17, 15) is 4.79 Å². The van der Waals surface area contributed by atoms with E-state index in [1.165, 1.54) is 0 Å². The van der Waals surface area contributed by atoms with Gasteiger partial charge in [-0.05, 0) is 30.5 Å². The number of rotatable bonds is 5. The van der Waals surface area contributed by atoms with Crippen molar-refractivity contribution in [1.82, 2.24) is 4.98 Å². The molecule has 2 rings (SSSR count). The molecule has 0 aliphatic carbocycles. The van der Waals surface area contributed by atoms with Crippen LogP contribution in [-0.4, -0.2) is 16.1 Å². The second-order valence-corrected chi connectivity index (χ2v) is 4.82. The Morgan fingerprint density at radius 3 is 2.70 bits per heavy atom. The van der Waals surface area contributed by atoms with Gasteiger partial charge in [-0.1, -0.05) is 44.2 Å². The predicted molar refractivity (Wildman–Crippen MR) is 81.6 cm³/mol. The molecule has 20 heavy (non-hydrogen) atoms. The van der Waals surface area contributed by atoms with Gasteiger partial charge in [0.2, 0.25) is 0 Å². The Morgan fingerprint density at radius 2 is 2.05 bits per heavy atom. The van der Waals surface area contributed by atoms with E-state index in [4.69, 9.17) is 5.11 Å². The van der Waals surface area contributed by atoms with Crippen molar-refractivity contribution in [3.05, 3.63) is 47.7 Å². The molecule has 104 valence electrons. The Labute approximate surface area is 119 Å². The lowest BCUT2D eigenvalue weighted by atomic mass is 10.0. The Hall–Kier alpha value is -2.16. The van der Waals surface area contributed by atoms with E-state index in [-0.39, 0.29) is 0 Å². The number of hydrogen-bond donors (Lipinski definition) is 1. The van der Waals surface area contributed by atoms with Crippen LogP contribution in [0.3, 0.4) is 0 Å². The number of aliphatic carboxylic acids is 1. The highest BCUT2D eigenvalue weighted by atomic mass is 16.4. The van der Waals surface area contributed by atoms with Crippen molar-refractivity contribution in [2.45, 2.75) is 26.7 Å². The SMILES string of the molecule is CCc1ccc2ccc(/C=C/[C@H](CC)C(=O)O)cc2n1. The number of carboxylic acids is 1. The fourth-order valence-electron chi connectivity index (χ4n) is 2.10. The average Bonchev–Trinajstić information content (AvgIpc) is 2.46. The third-order valence-electron chi connectivity index (χ3n) is 3.41. The van der Waals surface area contributed by atoms with Crippen LogP contribution in [-0.2, 0) is 11.2 Å². The molecular weight excluding hydrogens is 250 g/mol. The van der Waals surface area contributed by atoms with Crippen LogP contribution in [0.2, 0.25) is 0 Å². The number of hydrogen-bond acceptors (Lipinski definition) is 2. The summed E-state index contributed by atoms with van der Waals surface area (Å²) in [6.45, 7) is 3.95. The number of fused-ring (bicyclic) bond motifs is 1. The minimum absolute atomic E-state index is 0.430. The number of pyridine rings is 1. The summed E-state index contributed by atoms with van der Waals surface area (Å²) in [7, 11) is 0. The molecule has 0 fully saturated rings. The van der Waals surface area contributed by atoms with E-state index in [1.807, 2.05) is 37.3 Å². The maximum Gasteiger partial charge on any atom is 0.310 e. The van der Waals surface area contributed by atoms with E-state index < -0.39 is 11.9 Å². The van der Waals surface area contributed by atoms with Crippen LogP contribution in [0, 0.1) is 5.92 Å². The first-order valence-electron chi connectivity index (χ1n) is 6.94. The topological polar surface area (TPSA) is 50.2 Å². The van der Waals surface area contributed by atoms with Crippen molar-refractivity contribution in [2.24, 2.45) is 5.92 Å². The largest absolute Gasteiger partial charge is 0.481 e. The van der Waals surface area contributed by atoms with Crippen LogP contribution in [0.4, 0.5) is 0 Å². The minimum atomic E-state index is -0.782. The molecule has 1 heterocycles. The third kappa shape index (κ3) is 3.23. The molecule has 0 aliphatic heterocycles. The summed E-state index contributed by atoms with van der Waals surface area (Å²) in [5.74, 6) is -1.21. The minimum Gasteiger partial charge on any atom is -0.481 e. The highest BCUT2D eigenvalue weighted by Gasteiger charge is 2.10. The molecule has 3 nitrogen and oxygen atoms in total. The van der Waals surface area contributed by atoms with Crippen molar-refractivity contribution < 1.29 is 9.90 Å². The van der Waals surface area contributed by atoms with Crippen molar-refractivity contribution in [3.63, 3.8) is 0 Å². The summed E-state index contributed by atoms with van der Waals surface area (Å²) in [4.78, 5) is 15.6. The second-order valence-electron chi connectivity index (χ2n) is 4.82. The number of aromatic nitrogens is 1. The first-order valence-corrected chi connectivity index (χ1v) is 6.94. The summed E-state index contributed by atoms with van der Waals surface area (Å²) in [6.07, 6.45) is 5.11. The monoisotopic (exact) mass is 269 g/mol. The molecule has 0 spiro atoms. The number of nitrogens with zero attached hydrogens (tertiary/aromatic N) is 1. The summed E-state index contributed by atoms with van der Waals surface area (Å²) < 4.78 is 0. The van der Waals surface area contributed by atoms with Crippen LogP contribution in [0.1, 0.15) is 31.5 Å². The first kappa shape index (κ1) is 14.3. The van der Waals surface area contributed by atoms with E-state index in [2.05, 4.69) is 18.0 Å². The van der Waals surface area contributed by atoms with E-state index in [0.29, 0.717) is 6.42 Å². The molecule has 0 saturated heterocycles. The Kier molecular flexibility index (Phi) is 4.51. The average molecular weight is 269 g/mol. The standard InChI is InChI=1S/C17H19NO2/c1-3-13(17(19)20)7-5-12-6-8-14-9-10-15(4-2)18-16(14)11-12/h5-11,13H,3-4H2,1-2H3,(H,19,20)/b7-5+/t13-/m0/s1. The number of carboxylic acid groups (broad SMARTS) is 1. The van der Waals surface area contributed by atoms with Crippen molar-refractivity contribution >= 4 is 22.9 Å². The lowest BCUT2D eigenvalue weighted by molar-refractivity contribution is -0.140. The molecule has 0 radical (unpaired) electrons. The van der Waals surface area contributed by atoms with Gasteiger partial charge in [-0.15, -0.1) is 0 Å². The van der Waals surface area contributed by atoms with Gasteiger partial charge in [0.05, 0.1) is 11.4 Å². The molecule has 1 atom stereocenters. The summed E-state index contributed by atoms with van der Waals surface area (Å²) >= 11 is 0. The maximum absolute atomic E-state index is 11.0. The predicted octanol–water partition coefficient (Wildman–Crippen LogP) is 3.92. The van der Waals surface area contributed by atoms with Gasteiger partial charge in [0.1, 0.15) is 0 Å². The van der Waals surface area contributed by atoms with Gasteiger partial charge in [0.25, 0.3) is 0 Å². The highest BCUT2D eigenvalue weighted by Crippen LogP contribution is 2.17. The van der Waals surface area contributed by atoms with E-state index in [1.54, 1.807) is 6.08 Å². The Bertz CT molecular complexity index is 646. The normalized spacial score (nSPS) is 12.9. The summed E-state index contributed by atoms with van der Waals surface area (Å²) in [5.41, 5.74) is 3.00. The number of aryl methyl sites for hydroxylation is 1. The van der Waals surface area contributed by atoms with Crippen molar-refractivity contribution in [1.29, 1.82) is 0 Å². The molecule has 1 aromatic heterocycles. The summed E-state index contributed by atoms with van der Waals surface area (Å²) in [6, 6.07) is 10.1. The number of carbonyl (C=O) groups is 1. The van der Waals surface area contributed by atoms with Crippen LogP contribution in [0.25, 0.3) is 17.0 Å². The zero-order chi connectivity index (χ0) is 14.5. The van der Waals surface area contributed by atoms with Gasteiger partial charge >= 0.3 is 5.97 Å².